The van der Waals surface area contributed by atoms with Gasteiger partial charge in [0.15, 0.2) is 17.5 Å². The van der Waals surface area contributed by atoms with Gasteiger partial charge in [-0.1, -0.05) is 6.07 Å². The number of halogens is 2. The molecule has 1 aromatic carbocycles. The second-order valence-electron chi connectivity index (χ2n) is 3.36. The van der Waals surface area contributed by atoms with Crippen molar-refractivity contribution < 1.29 is 13.6 Å². The SMILES string of the molecule is O=C(Nc1ccc(=O)[nH]n1)c1cccc(F)c1F. The van der Waals surface area contributed by atoms with E-state index in [4.69, 9.17) is 0 Å². The van der Waals surface area contributed by atoms with Crippen molar-refractivity contribution in [2.75, 3.05) is 5.32 Å². The summed E-state index contributed by atoms with van der Waals surface area (Å²) < 4.78 is 26.2. The minimum atomic E-state index is -1.24. The molecule has 18 heavy (non-hydrogen) atoms. The fourth-order valence-electron chi connectivity index (χ4n) is 1.28. The van der Waals surface area contributed by atoms with E-state index in [2.05, 4.69) is 15.5 Å². The standard InChI is InChI=1S/C11H7F2N3O2/c12-7-3-1-2-6(10(7)13)11(18)14-8-4-5-9(17)16-15-8/h1-5H,(H,16,17)(H,14,15,18). The van der Waals surface area contributed by atoms with Gasteiger partial charge in [0.05, 0.1) is 5.56 Å². The number of nitrogens with one attached hydrogen (secondary N) is 2. The molecular formula is C11H7F2N3O2. The van der Waals surface area contributed by atoms with Gasteiger partial charge in [-0.3, -0.25) is 9.59 Å². The average Bonchev–Trinajstić information content (AvgIpc) is 2.35. The second-order valence-corrected chi connectivity index (χ2v) is 3.36. The van der Waals surface area contributed by atoms with E-state index in [0.29, 0.717) is 0 Å². The van der Waals surface area contributed by atoms with Crippen LogP contribution in [0.1, 0.15) is 10.4 Å². The molecule has 0 aliphatic carbocycles. The Morgan fingerprint density at radius 2 is 2.00 bits per heavy atom. The molecular weight excluding hydrogens is 244 g/mol. The number of carbonyl (C=O) groups is 1. The fraction of sp³-hybridized carbons (Fsp3) is 0. The first kappa shape index (κ1) is 11.9. The van der Waals surface area contributed by atoms with E-state index >= 15 is 0 Å². The van der Waals surface area contributed by atoms with Crippen molar-refractivity contribution in [1.29, 1.82) is 0 Å². The molecule has 1 amide bonds. The van der Waals surface area contributed by atoms with E-state index in [1.54, 1.807) is 0 Å². The normalized spacial score (nSPS) is 10.1. The zero-order valence-corrected chi connectivity index (χ0v) is 8.91. The smallest absolute Gasteiger partial charge is 0.264 e. The number of rotatable bonds is 2. The predicted molar refractivity (Wildman–Crippen MR) is 59.2 cm³/mol. The molecule has 7 heteroatoms. The Labute approximate surface area is 99.5 Å². The number of amides is 1. The molecule has 5 nitrogen and oxygen atoms in total. The monoisotopic (exact) mass is 251 g/mol. The number of aromatic nitrogens is 2. The van der Waals surface area contributed by atoms with Crippen LogP contribution in [0.3, 0.4) is 0 Å². The van der Waals surface area contributed by atoms with Crippen LogP contribution in [0.15, 0.2) is 35.1 Å². The first-order chi connectivity index (χ1) is 8.58. The first-order valence-electron chi connectivity index (χ1n) is 4.89. The highest BCUT2D eigenvalue weighted by Crippen LogP contribution is 2.12. The Morgan fingerprint density at radius 3 is 2.67 bits per heavy atom. The zero-order valence-electron chi connectivity index (χ0n) is 8.91. The molecule has 2 N–H and O–H groups in total. The average molecular weight is 251 g/mol. The van der Waals surface area contributed by atoms with E-state index < -0.39 is 28.7 Å². The fourth-order valence-corrected chi connectivity index (χ4v) is 1.28. The molecule has 92 valence electrons. The summed E-state index contributed by atoms with van der Waals surface area (Å²) in [6, 6.07) is 5.65. The van der Waals surface area contributed by atoms with Crippen LogP contribution in [0.5, 0.6) is 0 Å². The molecule has 0 radical (unpaired) electrons. The summed E-state index contributed by atoms with van der Waals surface area (Å²) in [5, 5.41) is 7.83. The molecule has 0 atom stereocenters. The lowest BCUT2D eigenvalue weighted by Gasteiger charge is -2.04. The van der Waals surface area contributed by atoms with Crippen LogP contribution in [0.4, 0.5) is 14.6 Å². The topological polar surface area (TPSA) is 74.8 Å². The van der Waals surface area contributed by atoms with Gasteiger partial charge in [-0.15, -0.1) is 0 Å². The number of nitrogens with zero attached hydrogens (tertiary/aromatic N) is 1. The van der Waals surface area contributed by atoms with Crippen LogP contribution in [0.25, 0.3) is 0 Å². The Bertz CT molecular complexity index is 634. The van der Waals surface area contributed by atoms with E-state index in [-0.39, 0.29) is 5.82 Å². The molecule has 0 unspecified atom stereocenters. The van der Waals surface area contributed by atoms with Gasteiger partial charge in [-0.2, -0.15) is 5.10 Å². The number of aromatic amines is 1. The number of hydrogen-bond acceptors (Lipinski definition) is 3. The Hall–Kier alpha value is -2.57. The number of H-pyrrole nitrogens is 1. The third-order valence-corrected chi connectivity index (χ3v) is 2.12. The maximum Gasteiger partial charge on any atom is 0.264 e. The summed E-state index contributed by atoms with van der Waals surface area (Å²) in [6.45, 7) is 0. The Morgan fingerprint density at radius 1 is 1.22 bits per heavy atom. The molecule has 0 saturated heterocycles. The van der Waals surface area contributed by atoms with Crippen molar-refractivity contribution in [2.24, 2.45) is 0 Å². The van der Waals surface area contributed by atoms with Crippen LogP contribution >= 0.6 is 0 Å². The molecule has 0 bridgehead atoms. The number of benzene rings is 1. The highest BCUT2D eigenvalue weighted by molar-refractivity contribution is 6.03. The van der Waals surface area contributed by atoms with E-state index in [1.807, 2.05) is 0 Å². The lowest BCUT2D eigenvalue weighted by Crippen LogP contribution is -2.17. The van der Waals surface area contributed by atoms with Gasteiger partial charge < -0.3 is 5.32 Å². The predicted octanol–water partition coefficient (Wildman–Crippen LogP) is 1.30. The van der Waals surface area contributed by atoms with Crippen LogP contribution < -0.4 is 10.9 Å². The van der Waals surface area contributed by atoms with E-state index in [0.717, 1.165) is 18.2 Å². The number of hydrogen-bond donors (Lipinski definition) is 2. The maximum atomic E-state index is 13.3. The first-order valence-corrected chi connectivity index (χ1v) is 4.89. The summed E-state index contributed by atoms with van der Waals surface area (Å²) in [7, 11) is 0. The molecule has 0 saturated carbocycles. The Balaban J connectivity index is 2.24. The zero-order chi connectivity index (χ0) is 13.1. The number of carbonyl (C=O) groups excluding carboxylic acids is 1. The Kier molecular flexibility index (Phi) is 3.13. The van der Waals surface area contributed by atoms with E-state index in [1.165, 1.54) is 12.1 Å². The molecule has 0 fully saturated rings. The minimum absolute atomic E-state index is 0.0308. The van der Waals surface area contributed by atoms with Crippen molar-refractivity contribution in [2.45, 2.75) is 0 Å². The summed E-state index contributed by atoms with van der Waals surface area (Å²) in [5.74, 6) is -3.17. The van der Waals surface area contributed by atoms with Crippen molar-refractivity contribution in [1.82, 2.24) is 10.2 Å². The van der Waals surface area contributed by atoms with Crippen molar-refractivity contribution in [3.8, 4) is 0 Å². The molecule has 2 rings (SSSR count). The molecule has 0 aliphatic rings. The van der Waals surface area contributed by atoms with Gasteiger partial charge in [-0.05, 0) is 18.2 Å². The summed E-state index contributed by atoms with van der Waals surface area (Å²) >= 11 is 0. The molecule has 0 spiro atoms. The van der Waals surface area contributed by atoms with Gasteiger partial charge in [-0.25, -0.2) is 13.9 Å². The lowest BCUT2D eigenvalue weighted by molar-refractivity contribution is 0.102. The molecule has 0 aliphatic heterocycles. The third-order valence-electron chi connectivity index (χ3n) is 2.12. The van der Waals surface area contributed by atoms with Crippen molar-refractivity contribution in [3.63, 3.8) is 0 Å². The highest BCUT2D eigenvalue weighted by atomic mass is 19.2. The van der Waals surface area contributed by atoms with Gasteiger partial charge in [0.25, 0.3) is 11.5 Å². The van der Waals surface area contributed by atoms with Crippen LogP contribution in [-0.2, 0) is 0 Å². The van der Waals surface area contributed by atoms with Crippen molar-refractivity contribution in [3.05, 3.63) is 57.9 Å². The molecule has 2 aromatic rings. The largest absolute Gasteiger partial charge is 0.305 e. The minimum Gasteiger partial charge on any atom is -0.305 e. The van der Waals surface area contributed by atoms with Gasteiger partial charge in [0.2, 0.25) is 0 Å². The summed E-state index contributed by atoms with van der Waals surface area (Å²) in [6.07, 6.45) is 0. The van der Waals surface area contributed by atoms with Crippen LogP contribution in [0, 0.1) is 11.6 Å². The second kappa shape index (κ2) is 4.74. The summed E-state index contributed by atoms with van der Waals surface area (Å²) in [5.41, 5.74) is -0.882. The molecule has 1 heterocycles. The third kappa shape index (κ3) is 2.40. The van der Waals surface area contributed by atoms with Gasteiger partial charge >= 0.3 is 0 Å². The maximum absolute atomic E-state index is 13.3. The van der Waals surface area contributed by atoms with Crippen molar-refractivity contribution >= 4 is 11.7 Å². The van der Waals surface area contributed by atoms with Gasteiger partial charge in [0, 0.05) is 6.07 Å². The summed E-state index contributed by atoms with van der Waals surface area (Å²) in [4.78, 5) is 22.4. The van der Waals surface area contributed by atoms with Crippen LogP contribution in [0.2, 0.25) is 0 Å². The lowest BCUT2D eigenvalue weighted by atomic mass is 10.2. The van der Waals surface area contributed by atoms with Gasteiger partial charge in [0.1, 0.15) is 0 Å². The molecule has 1 aromatic heterocycles. The van der Waals surface area contributed by atoms with Crippen LogP contribution in [-0.4, -0.2) is 16.1 Å². The quantitative estimate of drug-likeness (QED) is 0.844. The highest BCUT2D eigenvalue weighted by Gasteiger charge is 2.15. The van der Waals surface area contributed by atoms with E-state index in [9.17, 15) is 18.4 Å². The number of anilines is 1.